The molecule has 4 nitrogen and oxygen atoms in total. The van der Waals surface area contributed by atoms with Gasteiger partial charge in [0.2, 0.25) is 5.88 Å². The highest BCUT2D eigenvalue weighted by Gasteiger charge is 2.33. The third kappa shape index (κ3) is 3.74. The van der Waals surface area contributed by atoms with Crippen molar-refractivity contribution in [1.29, 1.82) is 0 Å². The van der Waals surface area contributed by atoms with Crippen LogP contribution in [-0.4, -0.2) is 23.6 Å². The first-order valence-electron chi connectivity index (χ1n) is 4.40. The molecule has 0 spiro atoms. The normalized spacial score (nSPS) is 11.4. The number of alkyl halides is 4. The topological polar surface area (TPSA) is 51.6 Å². The van der Waals surface area contributed by atoms with E-state index in [2.05, 4.69) is 25.7 Å². The van der Waals surface area contributed by atoms with E-state index in [-0.39, 0.29) is 16.8 Å². The molecule has 0 aliphatic carbocycles. The number of aliphatic hydroxyl groups is 1. The summed E-state index contributed by atoms with van der Waals surface area (Å²) in [6, 6.07) is 1.09. The molecular weight excluding hydrogens is 307 g/mol. The first kappa shape index (κ1) is 14.0. The van der Waals surface area contributed by atoms with Gasteiger partial charge in [-0.05, 0) is 0 Å². The minimum Gasteiger partial charge on any atom is -0.481 e. The quantitative estimate of drug-likeness (QED) is 0.867. The zero-order valence-electron chi connectivity index (χ0n) is 8.71. The van der Waals surface area contributed by atoms with E-state index in [0.29, 0.717) is 5.69 Å². The maximum atomic E-state index is 12.2. The van der Waals surface area contributed by atoms with Gasteiger partial charge in [0.05, 0.1) is 25.0 Å². The predicted octanol–water partition coefficient (Wildman–Crippen LogP) is 2.38. The van der Waals surface area contributed by atoms with Crippen molar-refractivity contribution in [2.45, 2.75) is 18.3 Å². The minimum absolute atomic E-state index is 0.0938. The average Bonchev–Trinajstić information content (AvgIpc) is 2.25. The van der Waals surface area contributed by atoms with Gasteiger partial charge in [-0.3, -0.25) is 0 Å². The molecule has 0 aliphatic rings. The number of pyridine rings is 1. The molecule has 0 saturated carbocycles. The number of aromatic nitrogens is 1. The zero-order chi connectivity index (χ0) is 13.1. The second-order valence-corrected chi connectivity index (χ2v) is 3.50. The van der Waals surface area contributed by atoms with Crippen molar-refractivity contribution in [1.82, 2.24) is 4.98 Å². The highest BCUT2D eigenvalue weighted by molar-refractivity contribution is 9.08. The first-order chi connectivity index (χ1) is 7.91. The summed E-state index contributed by atoms with van der Waals surface area (Å²) in [6.07, 6.45) is -4.83. The van der Waals surface area contributed by atoms with Crippen LogP contribution in [-0.2, 0) is 11.9 Å². The van der Waals surface area contributed by atoms with Crippen LogP contribution in [0.4, 0.5) is 13.2 Å². The zero-order valence-corrected chi connectivity index (χ0v) is 10.3. The van der Waals surface area contributed by atoms with Crippen LogP contribution in [0, 0.1) is 0 Å². The van der Waals surface area contributed by atoms with Crippen LogP contribution in [0.25, 0.3) is 0 Å². The maximum Gasteiger partial charge on any atom is 0.573 e. The molecule has 0 saturated heterocycles. The van der Waals surface area contributed by atoms with Gasteiger partial charge in [-0.1, -0.05) is 15.9 Å². The van der Waals surface area contributed by atoms with E-state index < -0.39 is 18.7 Å². The van der Waals surface area contributed by atoms with Crippen LogP contribution in [0.15, 0.2) is 6.07 Å². The van der Waals surface area contributed by atoms with Crippen LogP contribution >= 0.6 is 15.9 Å². The maximum absolute atomic E-state index is 12.2. The van der Waals surface area contributed by atoms with Crippen molar-refractivity contribution in [3.63, 3.8) is 0 Å². The summed E-state index contributed by atoms with van der Waals surface area (Å²) in [5, 5.41) is 9.25. The summed E-state index contributed by atoms with van der Waals surface area (Å²) in [5.41, 5.74) is 0.160. The molecule has 1 aromatic heterocycles. The van der Waals surface area contributed by atoms with Crippen molar-refractivity contribution in [2.24, 2.45) is 0 Å². The summed E-state index contributed by atoms with van der Waals surface area (Å²) in [4.78, 5) is 3.89. The summed E-state index contributed by atoms with van der Waals surface area (Å²) >= 11 is 3.06. The summed E-state index contributed by atoms with van der Waals surface area (Å²) in [5.74, 6) is -0.606. The first-order valence-corrected chi connectivity index (χ1v) is 5.52. The fraction of sp³-hybridized carbons (Fsp3) is 0.444. The van der Waals surface area contributed by atoms with Gasteiger partial charge in [-0.25, -0.2) is 4.98 Å². The molecule has 0 fully saturated rings. The van der Waals surface area contributed by atoms with Crippen LogP contribution in [0.5, 0.6) is 11.6 Å². The van der Waals surface area contributed by atoms with Crippen molar-refractivity contribution in [3.8, 4) is 11.6 Å². The van der Waals surface area contributed by atoms with Gasteiger partial charge in [0.15, 0.2) is 0 Å². The molecule has 0 bridgehead atoms. The van der Waals surface area contributed by atoms with Gasteiger partial charge in [-0.15, -0.1) is 13.2 Å². The minimum atomic E-state index is -4.83. The van der Waals surface area contributed by atoms with Gasteiger partial charge in [0.1, 0.15) is 5.75 Å². The summed E-state index contributed by atoms with van der Waals surface area (Å²) in [6.45, 7) is -0.663. The van der Waals surface area contributed by atoms with Gasteiger partial charge in [0, 0.05) is 11.4 Å². The molecular formula is C9H9BrF3NO3. The van der Waals surface area contributed by atoms with E-state index in [1.165, 1.54) is 7.11 Å². The van der Waals surface area contributed by atoms with Crippen LogP contribution in [0.3, 0.4) is 0 Å². The Morgan fingerprint density at radius 2 is 2.12 bits per heavy atom. The molecule has 1 aromatic rings. The van der Waals surface area contributed by atoms with E-state index in [1.807, 2.05) is 0 Å². The van der Waals surface area contributed by atoms with Gasteiger partial charge < -0.3 is 14.6 Å². The Kier molecular flexibility index (Phi) is 4.58. The van der Waals surface area contributed by atoms with Crippen molar-refractivity contribution >= 4 is 15.9 Å². The van der Waals surface area contributed by atoms with E-state index in [9.17, 15) is 13.2 Å². The Morgan fingerprint density at radius 1 is 1.47 bits per heavy atom. The monoisotopic (exact) mass is 315 g/mol. The average molecular weight is 316 g/mol. The lowest BCUT2D eigenvalue weighted by Gasteiger charge is -2.15. The largest absolute Gasteiger partial charge is 0.573 e. The second kappa shape index (κ2) is 5.54. The Labute approximate surface area is 103 Å². The third-order valence-corrected chi connectivity index (χ3v) is 2.39. The molecule has 17 heavy (non-hydrogen) atoms. The summed E-state index contributed by atoms with van der Waals surface area (Å²) in [7, 11) is 1.25. The van der Waals surface area contributed by atoms with E-state index >= 15 is 0 Å². The molecule has 0 amide bonds. The van der Waals surface area contributed by atoms with Crippen LogP contribution < -0.4 is 9.47 Å². The molecule has 96 valence electrons. The number of methoxy groups -OCH3 is 1. The van der Waals surface area contributed by atoms with E-state index in [0.717, 1.165) is 6.07 Å². The third-order valence-electron chi connectivity index (χ3n) is 1.81. The predicted molar refractivity (Wildman–Crippen MR) is 56.0 cm³/mol. The lowest BCUT2D eigenvalue weighted by molar-refractivity contribution is -0.275. The van der Waals surface area contributed by atoms with Crippen molar-refractivity contribution in [2.75, 3.05) is 7.11 Å². The molecule has 0 aromatic carbocycles. The number of hydrogen-bond acceptors (Lipinski definition) is 4. The Balaban J connectivity index is 3.24. The lowest BCUT2D eigenvalue weighted by Crippen LogP contribution is -2.19. The van der Waals surface area contributed by atoms with Crippen molar-refractivity contribution < 1.29 is 27.8 Å². The molecule has 0 aliphatic heterocycles. The highest BCUT2D eigenvalue weighted by Crippen LogP contribution is 2.32. The van der Waals surface area contributed by atoms with Crippen molar-refractivity contribution in [3.05, 3.63) is 17.3 Å². The van der Waals surface area contributed by atoms with E-state index in [1.54, 1.807) is 0 Å². The Morgan fingerprint density at radius 3 is 2.53 bits per heavy atom. The fourth-order valence-corrected chi connectivity index (χ4v) is 1.46. The molecule has 8 heteroatoms. The lowest BCUT2D eigenvalue weighted by atomic mass is 10.2. The number of halogens is 4. The van der Waals surface area contributed by atoms with Gasteiger partial charge >= 0.3 is 6.36 Å². The number of hydrogen-bond donors (Lipinski definition) is 1. The second-order valence-electron chi connectivity index (χ2n) is 2.94. The van der Waals surface area contributed by atoms with Crippen LogP contribution in [0.1, 0.15) is 11.3 Å². The Bertz CT molecular complexity index is 398. The standard InChI is InChI=1S/C9H9BrF3NO3/c1-16-8-6(4-15)7(17-9(11,12)13)2-5(3-10)14-8/h2,15H,3-4H2,1H3. The molecule has 1 heterocycles. The molecule has 1 rings (SSSR count). The van der Waals surface area contributed by atoms with E-state index in [4.69, 9.17) is 9.84 Å². The number of ether oxygens (including phenoxy) is 2. The molecule has 1 N–H and O–H groups in total. The van der Waals surface area contributed by atoms with Crippen LogP contribution in [0.2, 0.25) is 0 Å². The van der Waals surface area contributed by atoms with Gasteiger partial charge in [0.25, 0.3) is 0 Å². The number of nitrogens with zero attached hydrogens (tertiary/aromatic N) is 1. The SMILES string of the molecule is COc1nc(CBr)cc(OC(F)(F)F)c1CO. The summed E-state index contributed by atoms with van der Waals surface area (Å²) < 4.78 is 45.1. The molecule has 0 unspecified atom stereocenters. The molecule has 0 atom stereocenters. The number of rotatable bonds is 4. The Hall–Kier alpha value is -1.02. The smallest absolute Gasteiger partial charge is 0.481 e. The fourth-order valence-electron chi connectivity index (χ4n) is 1.17. The van der Waals surface area contributed by atoms with Gasteiger partial charge in [-0.2, -0.15) is 0 Å². The highest BCUT2D eigenvalue weighted by atomic mass is 79.9. The molecule has 0 radical (unpaired) electrons. The number of aliphatic hydroxyl groups excluding tert-OH is 1.